The Morgan fingerprint density at radius 2 is 2.05 bits per heavy atom. The fourth-order valence-electron chi connectivity index (χ4n) is 2.05. The average Bonchev–Trinajstić information content (AvgIpc) is 2.99. The Balaban J connectivity index is 2.02. The summed E-state index contributed by atoms with van der Waals surface area (Å²) in [5, 5.41) is 9.53. The Morgan fingerprint density at radius 3 is 2.67 bits per heavy atom. The summed E-state index contributed by atoms with van der Waals surface area (Å²) in [6.07, 6.45) is 1.90. The van der Waals surface area contributed by atoms with Crippen LogP contribution in [0.3, 0.4) is 0 Å². The lowest BCUT2D eigenvalue weighted by Crippen LogP contribution is -2.28. The Bertz CT molecular complexity index is 596. The van der Waals surface area contributed by atoms with Gasteiger partial charge in [0.25, 0.3) is 0 Å². The molecule has 6 heteroatoms. The van der Waals surface area contributed by atoms with Gasteiger partial charge < -0.3 is 14.8 Å². The third-order valence-corrected chi connectivity index (χ3v) is 3.19. The van der Waals surface area contributed by atoms with E-state index < -0.39 is 0 Å². The number of aromatic nitrogens is 2. The van der Waals surface area contributed by atoms with Gasteiger partial charge in [-0.25, -0.2) is 0 Å². The molecule has 0 saturated heterocycles. The standard InChI is InChI=1S/C15H19N3O3/c1-10(17-15(19)9-12-6-7-16-18-12)11-4-5-13(20-2)14(8-11)21-3/h4-8,10H,9H2,1-3H3,(H,16,18)(H,17,19). The zero-order chi connectivity index (χ0) is 15.2. The molecular formula is C15H19N3O3. The first-order valence-electron chi connectivity index (χ1n) is 6.63. The second-order valence-corrected chi connectivity index (χ2v) is 4.66. The topological polar surface area (TPSA) is 76.2 Å². The molecule has 112 valence electrons. The highest BCUT2D eigenvalue weighted by Crippen LogP contribution is 2.29. The molecule has 0 fully saturated rings. The maximum Gasteiger partial charge on any atom is 0.226 e. The fourth-order valence-corrected chi connectivity index (χ4v) is 2.05. The molecule has 6 nitrogen and oxygen atoms in total. The summed E-state index contributed by atoms with van der Waals surface area (Å²) < 4.78 is 10.5. The van der Waals surface area contributed by atoms with Crippen LogP contribution in [0.4, 0.5) is 0 Å². The van der Waals surface area contributed by atoms with Crippen molar-refractivity contribution < 1.29 is 14.3 Å². The lowest BCUT2D eigenvalue weighted by molar-refractivity contribution is -0.121. The maximum absolute atomic E-state index is 12.0. The van der Waals surface area contributed by atoms with E-state index >= 15 is 0 Å². The van der Waals surface area contributed by atoms with Crippen LogP contribution in [0, 0.1) is 0 Å². The second kappa shape index (κ2) is 6.78. The number of carbonyl (C=O) groups excluding carboxylic acids is 1. The highest BCUT2D eigenvalue weighted by Gasteiger charge is 2.13. The van der Waals surface area contributed by atoms with Crippen molar-refractivity contribution in [3.05, 3.63) is 41.7 Å². The number of amides is 1. The molecular weight excluding hydrogens is 270 g/mol. The summed E-state index contributed by atoms with van der Waals surface area (Å²) in [5.74, 6) is 1.24. The molecule has 0 bridgehead atoms. The molecule has 2 aromatic rings. The van der Waals surface area contributed by atoms with Gasteiger partial charge in [0, 0.05) is 11.9 Å². The van der Waals surface area contributed by atoms with E-state index in [9.17, 15) is 4.79 Å². The summed E-state index contributed by atoms with van der Waals surface area (Å²) in [7, 11) is 3.18. The van der Waals surface area contributed by atoms with E-state index in [2.05, 4.69) is 15.5 Å². The van der Waals surface area contributed by atoms with Gasteiger partial charge in [0.1, 0.15) is 0 Å². The van der Waals surface area contributed by atoms with Gasteiger partial charge in [-0.15, -0.1) is 0 Å². The second-order valence-electron chi connectivity index (χ2n) is 4.66. The fraction of sp³-hybridized carbons (Fsp3) is 0.333. The van der Waals surface area contributed by atoms with Crippen LogP contribution in [-0.4, -0.2) is 30.3 Å². The van der Waals surface area contributed by atoms with E-state index in [0.717, 1.165) is 11.3 Å². The van der Waals surface area contributed by atoms with Gasteiger partial charge in [0.2, 0.25) is 5.91 Å². The summed E-state index contributed by atoms with van der Waals surface area (Å²) >= 11 is 0. The first kappa shape index (κ1) is 14.9. The summed E-state index contributed by atoms with van der Waals surface area (Å²) in [4.78, 5) is 12.0. The third-order valence-electron chi connectivity index (χ3n) is 3.19. The van der Waals surface area contributed by atoms with Crippen LogP contribution >= 0.6 is 0 Å². The highest BCUT2D eigenvalue weighted by molar-refractivity contribution is 5.78. The lowest BCUT2D eigenvalue weighted by atomic mass is 10.1. The van der Waals surface area contributed by atoms with Gasteiger partial charge in [-0.1, -0.05) is 6.07 Å². The van der Waals surface area contributed by atoms with Crippen LogP contribution in [0.5, 0.6) is 11.5 Å². The normalized spacial score (nSPS) is 11.8. The monoisotopic (exact) mass is 289 g/mol. The molecule has 1 unspecified atom stereocenters. The molecule has 0 aliphatic carbocycles. The van der Waals surface area contributed by atoms with Crippen molar-refractivity contribution in [2.24, 2.45) is 0 Å². The largest absolute Gasteiger partial charge is 0.493 e. The van der Waals surface area contributed by atoms with Crippen molar-refractivity contribution in [1.29, 1.82) is 0 Å². The minimum atomic E-state index is -0.125. The molecule has 0 saturated carbocycles. The van der Waals surface area contributed by atoms with E-state index in [4.69, 9.17) is 9.47 Å². The van der Waals surface area contributed by atoms with Gasteiger partial charge in [-0.05, 0) is 30.7 Å². The zero-order valence-electron chi connectivity index (χ0n) is 12.3. The Kier molecular flexibility index (Phi) is 4.81. The van der Waals surface area contributed by atoms with Crippen LogP contribution in [0.25, 0.3) is 0 Å². The highest BCUT2D eigenvalue weighted by atomic mass is 16.5. The molecule has 0 radical (unpaired) electrons. The lowest BCUT2D eigenvalue weighted by Gasteiger charge is -2.16. The number of aromatic amines is 1. The molecule has 1 atom stereocenters. The number of benzene rings is 1. The van der Waals surface area contributed by atoms with E-state index in [0.29, 0.717) is 11.5 Å². The Labute approximate surface area is 123 Å². The van der Waals surface area contributed by atoms with Gasteiger partial charge in [0.15, 0.2) is 11.5 Å². The van der Waals surface area contributed by atoms with Crippen LogP contribution in [-0.2, 0) is 11.2 Å². The van der Waals surface area contributed by atoms with E-state index in [-0.39, 0.29) is 18.4 Å². The molecule has 1 aromatic heterocycles. The number of ether oxygens (including phenoxy) is 2. The predicted octanol–water partition coefficient (Wildman–Crippen LogP) is 1.85. The van der Waals surface area contributed by atoms with E-state index in [1.807, 2.05) is 25.1 Å². The minimum absolute atomic E-state index is 0.0680. The van der Waals surface area contributed by atoms with Crippen molar-refractivity contribution in [3.8, 4) is 11.5 Å². The van der Waals surface area contributed by atoms with Gasteiger partial charge in [-0.2, -0.15) is 5.10 Å². The number of nitrogens with zero attached hydrogens (tertiary/aromatic N) is 1. The molecule has 0 spiro atoms. The minimum Gasteiger partial charge on any atom is -0.493 e. The van der Waals surface area contributed by atoms with Gasteiger partial charge >= 0.3 is 0 Å². The first-order valence-corrected chi connectivity index (χ1v) is 6.63. The van der Waals surface area contributed by atoms with Gasteiger partial charge in [0.05, 0.1) is 26.7 Å². The van der Waals surface area contributed by atoms with Crippen LogP contribution < -0.4 is 14.8 Å². The molecule has 1 amide bonds. The van der Waals surface area contributed by atoms with E-state index in [1.54, 1.807) is 26.5 Å². The summed E-state index contributed by atoms with van der Waals surface area (Å²) in [6, 6.07) is 7.25. The van der Waals surface area contributed by atoms with Crippen molar-refractivity contribution in [2.75, 3.05) is 14.2 Å². The number of rotatable bonds is 6. The quantitative estimate of drug-likeness (QED) is 0.851. The first-order chi connectivity index (χ1) is 10.1. The molecule has 1 aromatic carbocycles. The van der Waals surface area contributed by atoms with Crippen molar-refractivity contribution in [2.45, 2.75) is 19.4 Å². The predicted molar refractivity (Wildman–Crippen MR) is 78.4 cm³/mol. The number of hydrogen-bond donors (Lipinski definition) is 2. The molecule has 1 heterocycles. The van der Waals surface area contributed by atoms with Crippen molar-refractivity contribution in [3.63, 3.8) is 0 Å². The number of H-pyrrole nitrogens is 1. The third kappa shape index (κ3) is 3.75. The smallest absolute Gasteiger partial charge is 0.226 e. The summed E-state index contributed by atoms with van der Waals surface area (Å²) in [6.45, 7) is 1.92. The zero-order valence-corrected chi connectivity index (χ0v) is 12.3. The van der Waals surface area contributed by atoms with Crippen LogP contribution in [0.15, 0.2) is 30.5 Å². The summed E-state index contributed by atoms with van der Waals surface area (Å²) in [5.41, 5.74) is 1.73. The van der Waals surface area contributed by atoms with Crippen molar-refractivity contribution in [1.82, 2.24) is 15.5 Å². The number of methoxy groups -OCH3 is 2. The Hall–Kier alpha value is -2.50. The maximum atomic E-state index is 12.0. The molecule has 21 heavy (non-hydrogen) atoms. The van der Waals surface area contributed by atoms with E-state index in [1.165, 1.54) is 0 Å². The number of hydrogen-bond acceptors (Lipinski definition) is 4. The molecule has 0 aliphatic heterocycles. The molecule has 2 N–H and O–H groups in total. The SMILES string of the molecule is COc1ccc(C(C)NC(=O)Cc2ccn[nH]2)cc1OC. The molecule has 2 rings (SSSR count). The Morgan fingerprint density at radius 1 is 1.29 bits per heavy atom. The number of carbonyl (C=O) groups is 1. The van der Waals surface area contributed by atoms with Crippen LogP contribution in [0.1, 0.15) is 24.2 Å². The van der Waals surface area contributed by atoms with Crippen LogP contribution in [0.2, 0.25) is 0 Å². The number of nitrogens with one attached hydrogen (secondary N) is 2. The van der Waals surface area contributed by atoms with Gasteiger partial charge in [-0.3, -0.25) is 9.89 Å². The van der Waals surface area contributed by atoms with Crippen molar-refractivity contribution >= 4 is 5.91 Å². The molecule has 0 aliphatic rings. The average molecular weight is 289 g/mol.